The van der Waals surface area contributed by atoms with E-state index >= 15 is 0 Å². The predicted octanol–water partition coefficient (Wildman–Crippen LogP) is 3.90. The van der Waals surface area contributed by atoms with Crippen LogP contribution in [0.25, 0.3) is 0 Å². The first-order chi connectivity index (χ1) is 12.4. The zero-order valence-electron chi connectivity index (χ0n) is 15.0. The van der Waals surface area contributed by atoms with Crippen LogP contribution in [0.15, 0.2) is 48.5 Å². The molecule has 0 spiro atoms. The van der Waals surface area contributed by atoms with Gasteiger partial charge in [-0.3, -0.25) is 14.9 Å². The lowest BCUT2D eigenvalue weighted by atomic mass is 10.0. The molecule has 0 heterocycles. The number of ketones is 1. The molecule has 136 valence electrons. The molecule has 5 nitrogen and oxygen atoms in total. The highest BCUT2D eigenvalue weighted by atomic mass is 32.1. The maximum absolute atomic E-state index is 12.0. The van der Waals surface area contributed by atoms with Crippen LogP contribution in [0.1, 0.15) is 42.6 Å². The van der Waals surface area contributed by atoms with Crippen molar-refractivity contribution in [2.24, 2.45) is 0 Å². The third-order valence-corrected chi connectivity index (χ3v) is 3.91. The second kappa shape index (κ2) is 9.10. The van der Waals surface area contributed by atoms with E-state index in [-0.39, 0.29) is 23.4 Å². The molecule has 0 unspecified atom stereocenters. The molecule has 2 aromatic carbocycles. The van der Waals surface area contributed by atoms with Gasteiger partial charge in [-0.25, -0.2) is 0 Å². The number of Topliss-reactive ketones (excluding diaryl/α,β-unsaturated/α-hetero) is 1. The molecule has 0 aromatic heterocycles. The normalized spacial score (nSPS) is 10.3. The van der Waals surface area contributed by atoms with Crippen molar-refractivity contribution >= 4 is 34.7 Å². The zero-order valence-corrected chi connectivity index (χ0v) is 15.9. The average molecular weight is 370 g/mol. The van der Waals surface area contributed by atoms with Crippen molar-refractivity contribution in [2.45, 2.75) is 26.7 Å². The average Bonchev–Trinajstić information content (AvgIpc) is 2.60. The van der Waals surface area contributed by atoms with Crippen molar-refractivity contribution in [3.63, 3.8) is 0 Å². The summed E-state index contributed by atoms with van der Waals surface area (Å²) in [6.07, 6.45) is 0. The van der Waals surface area contributed by atoms with Gasteiger partial charge in [-0.2, -0.15) is 0 Å². The first-order valence-corrected chi connectivity index (χ1v) is 8.71. The number of nitrogens with one attached hydrogen (secondary N) is 2. The molecule has 0 bridgehead atoms. The fourth-order valence-electron chi connectivity index (χ4n) is 2.35. The van der Waals surface area contributed by atoms with Gasteiger partial charge in [0.1, 0.15) is 5.75 Å². The molecule has 0 radical (unpaired) electrons. The second-order valence-corrected chi connectivity index (χ2v) is 6.53. The Kier molecular flexibility index (Phi) is 6.86. The van der Waals surface area contributed by atoms with Gasteiger partial charge in [-0.05, 0) is 61.0 Å². The Morgan fingerprint density at radius 3 is 2.35 bits per heavy atom. The van der Waals surface area contributed by atoms with E-state index in [1.54, 1.807) is 24.3 Å². The number of hydrogen-bond acceptors (Lipinski definition) is 4. The summed E-state index contributed by atoms with van der Waals surface area (Å²) in [4.78, 5) is 23.3. The number of anilines is 1. The van der Waals surface area contributed by atoms with E-state index in [9.17, 15) is 9.59 Å². The Hall–Kier alpha value is -2.73. The number of hydrogen-bond donors (Lipinski definition) is 2. The van der Waals surface area contributed by atoms with Crippen molar-refractivity contribution < 1.29 is 14.3 Å². The summed E-state index contributed by atoms with van der Waals surface area (Å²) in [7, 11) is 0. The van der Waals surface area contributed by atoms with E-state index in [1.807, 2.05) is 24.3 Å². The Morgan fingerprint density at radius 2 is 1.73 bits per heavy atom. The fourth-order valence-corrected chi connectivity index (χ4v) is 2.58. The minimum atomic E-state index is -0.346. The molecule has 26 heavy (non-hydrogen) atoms. The summed E-state index contributed by atoms with van der Waals surface area (Å²) in [6, 6.07) is 14.5. The molecule has 0 aliphatic rings. The summed E-state index contributed by atoms with van der Waals surface area (Å²) in [6.45, 7) is 5.51. The first kappa shape index (κ1) is 19.6. The molecule has 0 saturated carbocycles. The van der Waals surface area contributed by atoms with Crippen LogP contribution in [-0.4, -0.2) is 23.4 Å². The molecule has 2 N–H and O–H groups in total. The SMILES string of the molecule is CC(=O)c1ccc(NC(=S)NC(=O)COc2ccccc2C(C)C)cc1. The third-order valence-electron chi connectivity index (χ3n) is 3.70. The van der Waals surface area contributed by atoms with E-state index in [0.29, 0.717) is 22.9 Å². The number of ether oxygens (including phenoxy) is 1. The Bertz CT molecular complexity index is 801. The topological polar surface area (TPSA) is 67.4 Å². The Balaban J connectivity index is 1.86. The van der Waals surface area contributed by atoms with E-state index < -0.39 is 0 Å². The van der Waals surface area contributed by atoms with E-state index in [4.69, 9.17) is 17.0 Å². The smallest absolute Gasteiger partial charge is 0.264 e. The van der Waals surface area contributed by atoms with Gasteiger partial charge in [0.2, 0.25) is 0 Å². The highest BCUT2D eigenvalue weighted by Gasteiger charge is 2.10. The van der Waals surface area contributed by atoms with Crippen molar-refractivity contribution in [1.29, 1.82) is 0 Å². The van der Waals surface area contributed by atoms with Crippen molar-refractivity contribution in [1.82, 2.24) is 5.32 Å². The minimum absolute atomic E-state index is 0.00810. The summed E-state index contributed by atoms with van der Waals surface area (Å²) in [5, 5.41) is 5.65. The lowest BCUT2D eigenvalue weighted by Gasteiger charge is -2.14. The lowest BCUT2D eigenvalue weighted by Crippen LogP contribution is -2.37. The maximum Gasteiger partial charge on any atom is 0.264 e. The lowest BCUT2D eigenvalue weighted by molar-refractivity contribution is -0.121. The molecule has 1 amide bonds. The van der Waals surface area contributed by atoms with Crippen LogP contribution in [0.5, 0.6) is 5.75 Å². The fraction of sp³-hybridized carbons (Fsp3) is 0.250. The van der Waals surface area contributed by atoms with E-state index in [0.717, 1.165) is 5.56 Å². The number of rotatable bonds is 6. The van der Waals surface area contributed by atoms with Gasteiger partial charge in [0.15, 0.2) is 17.5 Å². The van der Waals surface area contributed by atoms with Gasteiger partial charge in [0, 0.05) is 11.3 Å². The van der Waals surface area contributed by atoms with Crippen LogP contribution < -0.4 is 15.4 Å². The minimum Gasteiger partial charge on any atom is -0.483 e. The molecule has 2 aromatic rings. The zero-order chi connectivity index (χ0) is 19.1. The number of para-hydroxylation sites is 1. The quantitative estimate of drug-likeness (QED) is 0.596. The number of thiocarbonyl (C=S) groups is 1. The summed E-state index contributed by atoms with van der Waals surface area (Å²) >= 11 is 5.13. The van der Waals surface area contributed by atoms with Crippen LogP contribution in [0.4, 0.5) is 5.69 Å². The molecule has 0 atom stereocenters. The van der Waals surface area contributed by atoms with Crippen LogP contribution in [0.2, 0.25) is 0 Å². The predicted molar refractivity (Wildman–Crippen MR) is 107 cm³/mol. The molecular formula is C20H22N2O3S. The maximum atomic E-state index is 12.0. The van der Waals surface area contributed by atoms with Gasteiger partial charge in [0.25, 0.3) is 5.91 Å². The highest BCUT2D eigenvalue weighted by molar-refractivity contribution is 7.80. The van der Waals surface area contributed by atoms with E-state index in [2.05, 4.69) is 24.5 Å². The monoisotopic (exact) mass is 370 g/mol. The Morgan fingerprint density at radius 1 is 1.08 bits per heavy atom. The summed E-state index contributed by atoms with van der Waals surface area (Å²) < 4.78 is 5.62. The largest absolute Gasteiger partial charge is 0.483 e. The van der Waals surface area contributed by atoms with Crippen LogP contribution in [-0.2, 0) is 4.79 Å². The third kappa shape index (κ3) is 5.67. The van der Waals surface area contributed by atoms with Crippen molar-refractivity contribution in [3.8, 4) is 5.75 Å². The van der Waals surface area contributed by atoms with Gasteiger partial charge < -0.3 is 10.1 Å². The van der Waals surface area contributed by atoms with Crippen LogP contribution in [0.3, 0.4) is 0 Å². The highest BCUT2D eigenvalue weighted by Crippen LogP contribution is 2.25. The molecule has 0 aliphatic carbocycles. The van der Waals surface area contributed by atoms with Crippen LogP contribution in [0, 0.1) is 0 Å². The number of carbonyl (C=O) groups excluding carboxylic acids is 2. The van der Waals surface area contributed by atoms with Gasteiger partial charge in [0.05, 0.1) is 0 Å². The first-order valence-electron chi connectivity index (χ1n) is 8.30. The molecule has 6 heteroatoms. The number of carbonyl (C=O) groups is 2. The standard InChI is InChI=1S/C20H22N2O3S/c1-13(2)17-6-4-5-7-18(17)25-12-19(24)22-20(26)21-16-10-8-15(9-11-16)14(3)23/h4-11,13H,12H2,1-3H3,(H2,21,22,24,26). The summed E-state index contributed by atoms with van der Waals surface area (Å²) in [5.74, 6) is 0.638. The van der Waals surface area contributed by atoms with Gasteiger partial charge in [-0.15, -0.1) is 0 Å². The second-order valence-electron chi connectivity index (χ2n) is 6.12. The number of benzene rings is 2. The van der Waals surface area contributed by atoms with E-state index in [1.165, 1.54) is 6.92 Å². The summed E-state index contributed by atoms with van der Waals surface area (Å²) in [5.41, 5.74) is 2.35. The Labute approximate surface area is 158 Å². The number of amides is 1. The molecule has 0 saturated heterocycles. The van der Waals surface area contributed by atoms with Gasteiger partial charge >= 0.3 is 0 Å². The molecular weight excluding hydrogens is 348 g/mol. The van der Waals surface area contributed by atoms with Crippen LogP contribution >= 0.6 is 12.2 Å². The van der Waals surface area contributed by atoms with Crippen molar-refractivity contribution in [2.75, 3.05) is 11.9 Å². The molecule has 0 fully saturated rings. The molecule has 0 aliphatic heterocycles. The van der Waals surface area contributed by atoms with Gasteiger partial charge in [-0.1, -0.05) is 32.0 Å². The van der Waals surface area contributed by atoms with Crippen molar-refractivity contribution in [3.05, 3.63) is 59.7 Å². The molecule has 2 rings (SSSR count).